The molecule has 0 atom stereocenters. The number of likely N-dealkylation sites (N-methyl/N-ethyl adjacent to an activating group) is 2. The van der Waals surface area contributed by atoms with Gasteiger partial charge in [0.05, 0.1) is 24.1 Å². The summed E-state index contributed by atoms with van der Waals surface area (Å²) in [7, 11) is 0. The lowest BCUT2D eigenvalue weighted by Crippen LogP contribution is -2.37. The molecule has 0 unspecified atom stereocenters. The molecular formula is C12H20N4O. The van der Waals surface area contributed by atoms with Crippen molar-refractivity contribution in [3.05, 3.63) is 24.0 Å². The van der Waals surface area contributed by atoms with Crippen molar-refractivity contribution in [2.45, 2.75) is 20.4 Å². The molecule has 0 bridgehead atoms. The smallest absolute Gasteiger partial charge is 0.239 e. The number of nitrogens with two attached hydrogens (primary N) is 1. The van der Waals surface area contributed by atoms with Crippen LogP contribution in [-0.4, -0.2) is 30.5 Å². The lowest BCUT2D eigenvalue weighted by atomic mass is 10.3. The van der Waals surface area contributed by atoms with Crippen LogP contribution in [0.5, 0.6) is 0 Å². The molecular weight excluding hydrogens is 216 g/mol. The third-order valence-electron chi connectivity index (χ3n) is 2.47. The van der Waals surface area contributed by atoms with Gasteiger partial charge in [-0.1, -0.05) is 0 Å². The summed E-state index contributed by atoms with van der Waals surface area (Å²) in [5, 5.41) is 2.78. The van der Waals surface area contributed by atoms with E-state index >= 15 is 0 Å². The summed E-state index contributed by atoms with van der Waals surface area (Å²) in [5.41, 5.74) is 7.28. The van der Waals surface area contributed by atoms with Crippen LogP contribution >= 0.6 is 0 Å². The van der Waals surface area contributed by atoms with E-state index < -0.39 is 0 Å². The van der Waals surface area contributed by atoms with Crippen molar-refractivity contribution in [3.63, 3.8) is 0 Å². The molecule has 1 rings (SSSR count). The van der Waals surface area contributed by atoms with Crippen LogP contribution in [-0.2, 0) is 11.3 Å². The van der Waals surface area contributed by atoms with Crippen LogP contribution in [0.4, 0.5) is 5.69 Å². The van der Waals surface area contributed by atoms with E-state index in [4.69, 9.17) is 5.73 Å². The lowest BCUT2D eigenvalue weighted by molar-refractivity contribution is -0.119. The summed E-state index contributed by atoms with van der Waals surface area (Å²) < 4.78 is 0. The van der Waals surface area contributed by atoms with E-state index in [0.717, 1.165) is 17.9 Å². The average Bonchev–Trinajstić information content (AvgIpc) is 2.36. The van der Waals surface area contributed by atoms with Crippen molar-refractivity contribution in [1.29, 1.82) is 0 Å². The SMILES string of the molecule is CCNC(=O)CN(CC)c1ccc(CN)nc1. The van der Waals surface area contributed by atoms with Gasteiger partial charge in [0.15, 0.2) is 0 Å². The number of rotatable bonds is 6. The first kappa shape index (κ1) is 13.4. The minimum absolute atomic E-state index is 0.0252. The Morgan fingerprint density at radius 1 is 1.47 bits per heavy atom. The lowest BCUT2D eigenvalue weighted by Gasteiger charge is -2.22. The molecule has 0 aliphatic carbocycles. The number of amides is 1. The van der Waals surface area contributed by atoms with Crippen molar-refractivity contribution in [1.82, 2.24) is 10.3 Å². The molecule has 0 saturated heterocycles. The van der Waals surface area contributed by atoms with Gasteiger partial charge in [-0.2, -0.15) is 0 Å². The normalized spacial score (nSPS) is 10.1. The van der Waals surface area contributed by atoms with Gasteiger partial charge in [-0.05, 0) is 26.0 Å². The zero-order chi connectivity index (χ0) is 12.7. The Hall–Kier alpha value is -1.62. The van der Waals surface area contributed by atoms with Crippen molar-refractivity contribution in [3.8, 4) is 0 Å². The number of hydrogen-bond donors (Lipinski definition) is 2. The predicted molar refractivity (Wildman–Crippen MR) is 68.7 cm³/mol. The molecule has 1 aromatic heterocycles. The van der Waals surface area contributed by atoms with Crippen LogP contribution < -0.4 is 16.0 Å². The summed E-state index contributed by atoms with van der Waals surface area (Å²) in [5.74, 6) is 0.0252. The van der Waals surface area contributed by atoms with Crippen LogP contribution in [0.1, 0.15) is 19.5 Å². The number of carbonyl (C=O) groups excluding carboxylic acids is 1. The van der Waals surface area contributed by atoms with Crippen LogP contribution in [0, 0.1) is 0 Å². The van der Waals surface area contributed by atoms with E-state index in [-0.39, 0.29) is 5.91 Å². The highest BCUT2D eigenvalue weighted by Gasteiger charge is 2.09. The summed E-state index contributed by atoms with van der Waals surface area (Å²) in [6.07, 6.45) is 1.75. The molecule has 0 radical (unpaired) electrons. The second-order valence-electron chi connectivity index (χ2n) is 3.68. The molecule has 94 valence electrons. The number of anilines is 1. The standard InChI is InChI=1S/C12H20N4O/c1-3-14-12(17)9-16(4-2)11-6-5-10(7-13)15-8-11/h5-6,8H,3-4,7,9,13H2,1-2H3,(H,14,17). The monoisotopic (exact) mass is 236 g/mol. The molecule has 5 nitrogen and oxygen atoms in total. The number of aromatic nitrogens is 1. The largest absolute Gasteiger partial charge is 0.361 e. The Labute approximate surface area is 102 Å². The van der Waals surface area contributed by atoms with Gasteiger partial charge in [-0.3, -0.25) is 9.78 Å². The van der Waals surface area contributed by atoms with E-state index in [1.807, 2.05) is 30.9 Å². The Kier molecular flexibility index (Phi) is 5.42. The summed E-state index contributed by atoms with van der Waals surface area (Å²) in [4.78, 5) is 17.7. The maximum absolute atomic E-state index is 11.5. The van der Waals surface area contributed by atoms with Crippen LogP contribution in [0.2, 0.25) is 0 Å². The summed E-state index contributed by atoms with van der Waals surface area (Å²) in [6.45, 7) is 6.13. The fourth-order valence-corrected chi connectivity index (χ4v) is 1.54. The third-order valence-corrected chi connectivity index (χ3v) is 2.47. The zero-order valence-corrected chi connectivity index (χ0v) is 10.4. The van der Waals surface area contributed by atoms with Gasteiger partial charge < -0.3 is 16.0 Å². The van der Waals surface area contributed by atoms with Gasteiger partial charge in [-0.25, -0.2) is 0 Å². The second kappa shape index (κ2) is 6.85. The van der Waals surface area contributed by atoms with Gasteiger partial charge in [0, 0.05) is 19.6 Å². The van der Waals surface area contributed by atoms with Gasteiger partial charge in [0.25, 0.3) is 0 Å². The maximum Gasteiger partial charge on any atom is 0.239 e. The highest BCUT2D eigenvalue weighted by Crippen LogP contribution is 2.12. The highest BCUT2D eigenvalue weighted by molar-refractivity contribution is 5.81. The first-order chi connectivity index (χ1) is 8.21. The van der Waals surface area contributed by atoms with Gasteiger partial charge in [0.2, 0.25) is 5.91 Å². The molecule has 0 fully saturated rings. The molecule has 1 aromatic rings. The second-order valence-corrected chi connectivity index (χ2v) is 3.68. The predicted octanol–water partition coefficient (Wildman–Crippen LogP) is 0.503. The van der Waals surface area contributed by atoms with Crippen molar-refractivity contribution in [2.24, 2.45) is 5.73 Å². The van der Waals surface area contributed by atoms with Crippen molar-refractivity contribution in [2.75, 3.05) is 24.5 Å². The summed E-state index contributed by atoms with van der Waals surface area (Å²) >= 11 is 0. The zero-order valence-electron chi connectivity index (χ0n) is 10.4. The molecule has 17 heavy (non-hydrogen) atoms. The molecule has 5 heteroatoms. The topological polar surface area (TPSA) is 71.2 Å². The molecule has 0 spiro atoms. The minimum Gasteiger partial charge on any atom is -0.361 e. The van der Waals surface area contributed by atoms with E-state index in [2.05, 4.69) is 10.3 Å². The quantitative estimate of drug-likeness (QED) is 0.754. The highest BCUT2D eigenvalue weighted by atomic mass is 16.2. The fourth-order valence-electron chi connectivity index (χ4n) is 1.54. The molecule has 1 heterocycles. The Morgan fingerprint density at radius 2 is 2.24 bits per heavy atom. The first-order valence-corrected chi connectivity index (χ1v) is 5.87. The maximum atomic E-state index is 11.5. The van der Waals surface area contributed by atoms with Crippen LogP contribution in [0.15, 0.2) is 18.3 Å². The van der Waals surface area contributed by atoms with E-state index in [1.54, 1.807) is 6.20 Å². The Balaban J connectivity index is 2.68. The van der Waals surface area contributed by atoms with Gasteiger partial charge >= 0.3 is 0 Å². The fraction of sp³-hybridized carbons (Fsp3) is 0.500. The van der Waals surface area contributed by atoms with E-state index in [0.29, 0.717) is 19.6 Å². The van der Waals surface area contributed by atoms with Crippen molar-refractivity contribution < 1.29 is 4.79 Å². The molecule has 1 amide bonds. The summed E-state index contributed by atoms with van der Waals surface area (Å²) in [6, 6.07) is 3.83. The number of nitrogens with one attached hydrogen (secondary N) is 1. The number of nitrogens with zero attached hydrogens (tertiary/aromatic N) is 2. The van der Waals surface area contributed by atoms with E-state index in [1.165, 1.54) is 0 Å². The van der Waals surface area contributed by atoms with E-state index in [9.17, 15) is 4.79 Å². The molecule has 0 saturated carbocycles. The third kappa shape index (κ3) is 4.03. The number of hydrogen-bond acceptors (Lipinski definition) is 4. The van der Waals surface area contributed by atoms with Crippen LogP contribution in [0.25, 0.3) is 0 Å². The Bertz CT molecular complexity index is 350. The van der Waals surface area contributed by atoms with Crippen LogP contribution in [0.3, 0.4) is 0 Å². The Morgan fingerprint density at radius 3 is 2.71 bits per heavy atom. The van der Waals surface area contributed by atoms with Gasteiger partial charge in [-0.15, -0.1) is 0 Å². The first-order valence-electron chi connectivity index (χ1n) is 5.87. The molecule has 0 aliphatic rings. The molecule has 0 aliphatic heterocycles. The molecule has 0 aromatic carbocycles. The number of carbonyl (C=O) groups is 1. The number of pyridine rings is 1. The minimum atomic E-state index is 0.0252. The average molecular weight is 236 g/mol. The molecule has 3 N–H and O–H groups in total. The van der Waals surface area contributed by atoms with Gasteiger partial charge in [0.1, 0.15) is 0 Å². The van der Waals surface area contributed by atoms with Crippen molar-refractivity contribution >= 4 is 11.6 Å².